The molecule has 124 valence electrons. The maximum absolute atomic E-state index is 10.7. The summed E-state index contributed by atoms with van der Waals surface area (Å²) >= 11 is 0. The highest BCUT2D eigenvalue weighted by molar-refractivity contribution is 5.70. The van der Waals surface area contributed by atoms with E-state index in [1.54, 1.807) is 0 Å². The molecule has 0 aliphatic heterocycles. The van der Waals surface area contributed by atoms with E-state index in [2.05, 4.69) is 26.8 Å². The molecule has 0 saturated carbocycles. The first-order chi connectivity index (χ1) is 10.3. The van der Waals surface area contributed by atoms with Gasteiger partial charge in [-0.25, -0.2) is 0 Å². The van der Waals surface area contributed by atoms with Crippen molar-refractivity contribution in [2.24, 2.45) is 0 Å². The normalized spacial score (nSPS) is 12.0. The maximum Gasteiger partial charge on any atom is 0.126 e. The van der Waals surface area contributed by atoms with Gasteiger partial charge in [0.15, 0.2) is 0 Å². The molecule has 0 atom stereocenters. The third kappa shape index (κ3) is 4.06. The van der Waals surface area contributed by atoms with Gasteiger partial charge in [-0.15, -0.1) is 0 Å². The van der Waals surface area contributed by atoms with Gasteiger partial charge in [-0.1, -0.05) is 59.6 Å². The minimum absolute atomic E-state index is 0.166. The van der Waals surface area contributed by atoms with Crippen molar-refractivity contribution in [1.82, 2.24) is 0 Å². The minimum Gasteiger partial charge on any atom is -0.507 e. The van der Waals surface area contributed by atoms with E-state index in [4.69, 9.17) is 0 Å². The van der Waals surface area contributed by atoms with Crippen LogP contribution >= 0.6 is 0 Å². The minimum atomic E-state index is 0.166. The SMILES string of the molecule is CCCCCC=Cc1c(O)c(C)c(C(C)C)c(O)c1C(C)C. The molecule has 0 radical (unpaired) electrons. The average Bonchev–Trinajstić information content (AvgIpc) is 2.43. The molecule has 22 heavy (non-hydrogen) atoms. The van der Waals surface area contributed by atoms with Crippen molar-refractivity contribution in [2.75, 3.05) is 0 Å². The van der Waals surface area contributed by atoms with E-state index in [1.165, 1.54) is 19.3 Å². The molecule has 1 aromatic carbocycles. The lowest BCUT2D eigenvalue weighted by Crippen LogP contribution is -2.02. The predicted octanol–water partition coefficient (Wildman–Crippen LogP) is 6.25. The van der Waals surface area contributed by atoms with Gasteiger partial charge in [0, 0.05) is 16.7 Å². The van der Waals surface area contributed by atoms with Gasteiger partial charge in [-0.3, -0.25) is 0 Å². The first-order valence-electron chi connectivity index (χ1n) is 8.57. The summed E-state index contributed by atoms with van der Waals surface area (Å²) in [4.78, 5) is 0. The number of benzene rings is 1. The van der Waals surface area contributed by atoms with Gasteiger partial charge in [0.1, 0.15) is 11.5 Å². The number of hydrogen-bond donors (Lipinski definition) is 2. The zero-order valence-corrected chi connectivity index (χ0v) is 15.0. The Balaban J connectivity index is 3.32. The number of phenols is 2. The summed E-state index contributed by atoms with van der Waals surface area (Å²) in [6.07, 6.45) is 8.71. The van der Waals surface area contributed by atoms with E-state index in [0.717, 1.165) is 28.7 Å². The van der Waals surface area contributed by atoms with Crippen LogP contribution in [0.3, 0.4) is 0 Å². The van der Waals surface area contributed by atoms with Crippen LogP contribution < -0.4 is 0 Å². The Kier molecular flexibility index (Phi) is 6.99. The van der Waals surface area contributed by atoms with Gasteiger partial charge in [0.2, 0.25) is 0 Å². The largest absolute Gasteiger partial charge is 0.507 e. The van der Waals surface area contributed by atoms with Crippen LogP contribution in [0.5, 0.6) is 11.5 Å². The topological polar surface area (TPSA) is 40.5 Å². The number of rotatable bonds is 7. The van der Waals surface area contributed by atoms with Crippen LogP contribution in [0.4, 0.5) is 0 Å². The molecule has 2 nitrogen and oxygen atoms in total. The van der Waals surface area contributed by atoms with Crippen molar-refractivity contribution in [1.29, 1.82) is 0 Å². The van der Waals surface area contributed by atoms with Crippen LogP contribution in [0, 0.1) is 6.92 Å². The molecule has 2 heteroatoms. The molecule has 2 N–H and O–H groups in total. The molecule has 0 unspecified atom stereocenters. The molecule has 0 aliphatic rings. The van der Waals surface area contributed by atoms with Crippen LogP contribution in [0.2, 0.25) is 0 Å². The molecule has 0 bridgehead atoms. The fourth-order valence-electron chi connectivity index (χ4n) is 3.08. The summed E-state index contributed by atoms with van der Waals surface area (Å²) in [5, 5.41) is 21.3. The van der Waals surface area contributed by atoms with Gasteiger partial charge >= 0.3 is 0 Å². The number of aromatic hydroxyl groups is 2. The van der Waals surface area contributed by atoms with E-state index in [0.29, 0.717) is 11.5 Å². The Bertz CT molecular complexity index is 525. The summed E-state index contributed by atoms with van der Waals surface area (Å²) in [6, 6.07) is 0. The first kappa shape index (κ1) is 18.6. The smallest absolute Gasteiger partial charge is 0.126 e. The molecule has 0 aliphatic carbocycles. The van der Waals surface area contributed by atoms with Crippen molar-refractivity contribution in [3.05, 3.63) is 28.3 Å². The summed E-state index contributed by atoms with van der Waals surface area (Å²) in [7, 11) is 0. The zero-order valence-electron chi connectivity index (χ0n) is 15.0. The number of hydrogen-bond acceptors (Lipinski definition) is 2. The Morgan fingerprint density at radius 2 is 1.50 bits per heavy atom. The van der Waals surface area contributed by atoms with Crippen LogP contribution in [0.25, 0.3) is 6.08 Å². The molecule has 1 rings (SSSR count). The Labute approximate surface area is 135 Å². The molecular formula is C20H32O2. The first-order valence-corrected chi connectivity index (χ1v) is 8.57. The van der Waals surface area contributed by atoms with E-state index in [-0.39, 0.29) is 11.8 Å². The van der Waals surface area contributed by atoms with Crippen molar-refractivity contribution in [3.8, 4) is 11.5 Å². The third-order valence-electron chi connectivity index (χ3n) is 4.23. The lowest BCUT2D eigenvalue weighted by atomic mass is 9.85. The highest BCUT2D eigenvalue weighted by Gasteiger charge is 2.23. The Morgan fingerprint density at radius 3 is 2.00 bits per heavy atom. The van der Waals surface area contributed by atoms with E-state index < -0.39 is 0 Å². The number of phenolic OH excluding ortho intramolecular Hbond substituents is 2. The third-order valence-corrected chi connectivity index (χ3v) is 4.23. The highest BCUT2D eigenvalue weighted by atomic mass is 16.3. The standard InChI is InChI=1S/C20H32O2/c1-7-8-9-10-11-12-16-18(14(4)5)20(22)17(13(2)3)15(6)19(16)21/h11-14,21-22H,7-10H2,1-6H3. The Morgan fingerprint density at radius 1 is 0.909 bits per heavy atom. The van der Waals surface area contributed by atoms with Gasteiger partial charge in [0.05, 0.1) is 0 Å². The summed E-state index contributed by atoms with van der Waals surface area (Å²) in [5.74, 6) is 1.02. The maximum atomic E-state index is 10.7. The molecule has 0 saturated heterocycles. The summed E-state index contributed by atoms with van der Waals surface area (Å²) in [6.45, 7) is 12.3. The average molecular weight is 304 g/mol. The van der Waals surface area contributed by atoms with Gasteiger partial charge in [-0.2, -0.15) is 0 Å². The van der Waals surface area contributed by atoms with Crippen LogP contribution in [0.15, 0.2) is 6.08 Å². The molecule has 0 heterocycles. The van der Waals surface area contributed by atoms with E-state index >= 15 is 0 Å². The lowest BCUT2D eigenvalue weighted by molar-refractivity contribution is 0.437. The van der Waals surface area contributed by atoms with Crippen LogP contribution in [-0.4, -0.2) is 10.2 Å². The van der Waals surface area contributed by atoms with Gasteiger partial charge in [-0.05, 0) is 37.2 Å². The van der Waals surface area contributed by atoms with Crippen molar-refractivity contribution in [2.45, 2.75) is 79.1 Å². The zero-order chi connectivity index (χ0) is 16.9. The molecule has 0 amide bonds. The van der Waals surface area contributed by atoms with Gasteiger partial charge < -0.3 is 10.2 Å². The highest BCUT2D eigenvalue weighted by Crippen LogP contribution is 2.44. The molecular weight excluding hydrogens is 272 g/mol. The second-order valence-electron chi connectivity index (χ2n) is 6.77. The number of allylic oxidation sites excluding steroid dienone is 1. The van der Waals surface area contributed by atoms with Crippen molar-refractivity contribution in [3.63, 3.8) is 0 Å². The Hall–Kier alpha value is -1.44. The predicted molar refractivity (Wildman–Crippen MR) is 95.9 cm³/mol. The summed E-state index contributed by atoms with van der Waals surface area (Å²) < 4.78 is 0. The van der Waals surface area contributed by atoms with Crippen molar-refractivity contribution < 1.29 is 10.2 Å². The molecule has 0 aromatic heterocycles. The lowest BCUT2D eigenvalue weighted by Gasteiger charge is -2.22. The fourth-order valence-corrected chi connectivity index (χ4v) is 3.08. The van der Waals surface area contributed by atoms with Gasteiger partial charge in [0.25, 0.3) is 0 Å². The second-order valence-corrected chi connectivity index (χ2v) is 6.77. The van der Waals surface area contributed by atoms with Crippen molar-refractivity contribution >= 4 is 6.08 Å². The van der Waals surface area contributed by atoms with Crippen LogP contribution in [-0.2, 0) is 0 Å². The number of unbranched alkanes of at least 4 members (excludes halogenated alkanes) is 3. The molecule has 0 spiro atoms. The molecule has 0 fully saturated rings. The van der Waals surface area contributed by atoms with E-state index in [1.807, 2.05) is 26.8 Å². The summed E-state index contributed by atoms with van der Waals surface area (Å²) in [5.41, 5.74) is 3.30. The fraction of sp³-hybridized carbons (Fsp3) is 0.600. The monoisotopic (exact) mass is 304 g/mol. The van der Waals surface area contributed by atoms with Crippen LogP contribution in [0.1, 0.15) is 94.4 Å². The quantitative estimate of drug-likeness (QED) is 0.462. The second kappa shape index (κ2) is 8.26. The molecule has 1 aromatic rings. The van der Waals surface area contributed by atoms with E-state index in [9.17, 15) is 10.2 Å².